The van der Waals surface area contributed by atoms with Crippen LogP contribution in [-0.2, 0) is 9.53 Å². The average molecular weight is 356 g/mol. The van der Waals surface area contributed by atoms with Crippen LogP contribution in [0.1, 0.15) is 39.3 Å². The second-order valence-corrected chi connectivity index (χ2v) is 7.01. The molecule has 1 aromatic carbocycles. The van der Waals surface area contributed by atoms with Crippen LogP contribution in [0, 0.1) is 0 Å². The molecule has 1 atom stereocenters. The predicted octanol–water partition coefficient (Wildman–Crippen LogP) is 2.16. The molecule has 2 heterocycles. The molecule has 0 saturated heterocycles. The molecule has 5 nitrogen and oxygen atoms in total. The third kappa shape index (κ3) is 2.98. The molecule has 0 spiro atoms. The van der Waals surface area contributed by atoms with Crippen LogP contribution in [0.3, 0.4) is 0 Å². The molecule has 0 saturated carbocycles. The zero-order valence-electron chi connectivity index (χ0n) is 14.7. The Kier molecular flexibility index (Phi) is 4.72. The van der Waals surface area contributed by atoms with Crippen LogP contribution in [0.5, 0.6) is 0 Å². The van der Waals surface area contributed by atoms with Gasteiger partial charge in [-0.1, -0.05) is 47.2 Å². The summed E-state index contributed by atoms with van der Waals surface area (Å²) in [7, 11) is 0. The summed E-state index contributed by atoms with van der Waals surface area (Å²) in [6.45, 7) is 7.64. The third-order valence-electron chi connectivity index (χ3n) is 4.06. The molecule has 0 bridgehead atoms. The number of ether oxygens (including phenoxy) is 1. The van der Waals surface area contributed by atoms with E-state index in [1.165, 1.54) is 11.3 Å². The van der Waals surface area contributed by atoms with Crippen molar-refractivity contribution < 1.29 is 9.53 Å². The zero-order valence-corrected chi connectivity index (χ0v) is 15.5. The van der Waals surface area contributed by atoms with Crippen molar-refractivity contribution in [1.29, 1.82) is 0 Å². The van der Waals surface area contributed by atoms with E-state index in [1.54, 1.807) is 18.4 Å². The first kappa shape index (κ1) is 17.4. The first-order chi connectivity index (χ1) is 12.0. The fourth-order valence-corrected chi connectivity index (χ4v) is 3.99. The summed E-state index contributed by atoms with van der Waals surface area (Å²) in [6, 6.07) is 9.01. The number of rotatable bonds is 3. The summed E-state index contributed by atoms with van der Waals surface area (Å²) in [5.74, 6) is -0.430. The van der Waals surface area contributed by atoms with Crippen LogP contribution in [0.25, 0.3) is 5.57 Å². The van der Waals surface area contributed by atoms with Crippen molar-refractivity contribution >= 4 is 22.9 Å². The van der Waals surface area contributed by atoms with Crippen molar-refractivity contribution in [2.24, 2.45) is 4.99 Å². The smallest absolute Gasteiger partial charge is 0.338 e. The number of esters is 1. The van der Waals surface area contributed by atoms with Gasteiger partial charge in [0.1, 0.15) is 0 Å². The molecule has 1 unspecified atom stereocenters. The van der Waals surface area contributed by atoms with Gasteiger partial charge in [-0.3, -0.25) is 9.36 Å². The Hall–Kier alpha value is -2.47. The van der Waals surface area contributed by atoms with E-state index in [0.29, 0.717) is 20.6 Å². The fourth-order valence-electron chi connectivity index (χ4n) is 2.95. The summed E-state index contributed by atoms with van der Waals surface area (Å²) >= 11 is 1.36. The van der Waals surface area contributed by atoms with E-state index in [2.05, 4.69) is 4.99 Å². The summed E-state index contributed by atoms with van der Waals surface area (Å²) in [4.78, 5) is 30.7. The van der Waals surface area contributed by atoms with E-state index >= 15 is 0 Å². The largest absolute Gasteiger partial charge is 0.463 e. The molecular formula is C19H20N2O3S. The highest BCUT2D eigenvalue weighted by Crippen LogP contribution is 2.30. The lowest BCUT2D eigenvalue weighted by Gasteiger charge is -2.24. The van der Waals surface area contributed by atoms with Crippen LogP contribution in [0.4, 0.5) is 0 Å². The Morgan fingerprint density at radius 1 is 1.28 bits per heavy atom. The molecule has 25 heavy (non-hydrogen) atoms. The Morgan fingerprint density at radius 2 is 1.96 bits per heavy atom. The van der Waals surface area contributed by atoms with Gasteiger partial charge >= 0.3 is 5.97 Å². The molecule has 2 aromatic rings. The standard InChI is InChI=1S/C19H20N2O3S/c1-5-24-18(23)14-12(4)20-19-21(17(22)16(25-19)11(2)3)15(14)13-9-7-6-8-10-13/h6-10,15H,5H2,1-4H3. The van der Waals surface area contributed by atoms with Crippen LogP contribution >= 0.6 is 11.3 Å². The van der Waals surface area contributed by atoms with Crippen molar-refractivity contribution in [3.05, 3.63) is 66.9 Å². The maximum atomic E-state index is 13.0. The molecular weight excluding hydrogens is 336 g/mol. The number of carbonyl (C=O) groups is 1. The van der Waals surface area contributed by atoms with E-state index in [4.69, 9.17) is 4.74 Å². The molecule has 3 rings (SSSR count). The number of allylic oxidation sites excluding steroid dienone is 1. The van der Waals surface area contributed by atoms with Gasteiger partial charge in [0.05, 0.1) is 28.5 Å². The van der Waals surface area contributed by atoms with E-state index < -0.39 is 12.0 Å². The lowest BCUT2D eigenvalue weighted by molar-refractivity contribution is -0.139. The lowest BCUT2D eigenvalue weighted by atomic mass is 9.96. The Morgan fingerprint density at radius 3 is 2.56 bits per heavy atom. The van der Waals surface area contributed by atoms with Gasteiger partial charge in [0.15, 0.2) is 4.80 Å². The third-order valence-corrected chi connectivity index (χ3v) is 5.32. The molecule has 0 N–H and O–H groups in total. The maximum Gasteiger partial charge on any atom is 0.338 e. The Balaban J connectivity index is 2.36. The van der Waals surface area contributed by atoms with Gasteiger partial charge in [0, 0.05) is 0 Å². The van der Waals surface area contributed by atoms with E-state index in [9.17, 15) is 9.59 Å². The molecule has 0 amide bonds. The lowest BCUT2D eigenvalue weighted by Crippen LogP contribution is -2.40. The van der Waals surface area contributed by atoms with Crippen LogP contribution in [0.15, 0.2) is 51.4 Å². The van der Waals surface area contributed by atoms with Crippen molar-refractivity contribution in [3.8, 4) is 0 Å². The molecule has 6 heteroatoms. The van der Waals surface area contributed by atoms with Gasteiger partial charge in [0.25, 0.3) is 5.56 Å². The molecule has 0 radical (unpaired) electrons. The highest BCUT2D eigenvalue weighted by Gasteiger charge is 2.33. The minimum Gasteiger partial charge on any atom is -0.463 e. The highest BCUT2D eigenvalue weighted by atomic mass is 32.1. The number of fused-ring (bicyclic) bond motifs is 1. The van der Waals surface area contributed by atoms with Gasteiger partial charge in [-0.15, -0.1) is 0 Å². The maximum absolute atomic E-state index is 13.0. The SMILES string of the molecule is CCOC(=O)C1=C(C)N=c2sc(=C(C)C)c(=O)n2C1c1ccccc1. The van der Waals surface area contributed by atoms with E-state index in [1.807, 2.05) is 44.2 Å². The number of carbonyl (C=O) groups excluding carboxylic acids is 1. The van der Waals surface area contributed by atoms with Gasteiger partial charge in [-0.05, 0) is 33.3 Å². The van der Waals surface area contributed by atoms with Crippen molar-refractivity contribution in [2.45, 2.75) is 33.7 Å². The molecule has 1 aromatic heterocycles. The summed E-state index contributed by atoms with van der Waals surface area (Å²) in [5, 5.41) is 0. The molecule has 0 aliphatic carbocycles. The first-order valence-corrected chi connectivity index (χ1v) is 8.97. The van der Waals surface area contributed by atoms with Crippen LogP contribution in [0.2, 0.25) is 0 Å². The van der Waals surface area contributed by atoms with Gasteiger partial charge in [0.2, 0.25) is 0 Å². The molecule has 1 aliphatic heterocycles. The van der Waals surface area contributed by atoms with Gasteiger partial charge in [-0.25, -0.2) is 9.79 Å². The Bertz CT molecular complexity index is 1020. The normalized spacial score (nSPS) is 16.2. The van der Waals surface area contributed by atoms with Crippen molar-refractivity contribution in [2.75, 3.05) is 6.61 Å². The van der Waals surface area contributed by atoms with Crippen molar-refractivity contribution in [1.82, 2.24) is 4.57 Å². The second kappa shape index (κ2) is 6.80. The summed E-state index contributed by atoms with van der Waals surface area (Å²) in [5.41, 5.74) is 2.69. The minimum absolute atomic E-state index is 0.119. The zero-order chi connectivity index (χ0) is 18.1. The highest BCUT2D eigenvalue weighted by molar-refractivity contribution is 7.07. The number of thiazole rings is 1. The quantitative estimate of drug-likeness (QED) is 0.792. The van der Waals surface area contributed by atoms with Crippen molar-refractivity contribution in [3.63, 3.8) is 0 Å². The average Bonchev–Trinajstić information content (AvgIpc) is 2.91. The molecule has 130 valence electrons. The van der Waals surface area contributed by atoms with Crippen LogP contribution < -0.4 is 14.9 Å². The number of nitrogens with zero attached hydrogens (tertiary/aromatic N) is 2. The Labute approximate surface area is 149 Å². The monoisotopic (exact) mass is 356 g/mol. The van der Waals surface area contributed by atoms with E-state index in [-0.39, 0.29) is 12.2 Å². The molecule has 1 aliphatic rings. The number of hydrogen-bond acceptors (Lipinski definition) is 5. The second-order valence-electron chi connectivity index (χ2n) is 6.03. The number of benzene rings is 1. The number of hydrogen-bond donors (Lipinski definition) is 0. The van der Waals surface area contributed by atoms with E-state index in [0.717, 1.165) is 11.1 Å². The summed E-state index contributed by atoms with van der Waals surface area (Å²) < 4.78 is 7.52. The topological polar surface area (TPSA) is 60.7 Å². The molecule has 0 fully saturated rings. The van der Waals surface area contributed by atoms with Gasteiger partial charge < -0.3 is 4.74 Å². The number of aromatic nitrogens is 1. The predicted molar refractivity (Wildman–Crippen MR) is 98.0 cm³/mol. The summed E-state index contributed by atoms with van der Waals surface area (Å²) in [6.07, 6.45) is 0. The minimum atomic E-state index is -0.524. The van der Waals surface area contributed by atoms with Gasteiger partial charge in [-0.2, -0.15) is 0 Å². The van der Waals surface area contributed by atoms with Crippen LogP contribution in [-0.4, -0.2) is 17.1 Å². The fraction of sp³-hybridized carbons (Fsp3) is 0.316. The first-order valence-electron chi connectivity index (χ1n) is 8.16.